The van der Waals surface area contributed by atoms with Gasteiger partial charge in [0.1, 0.15) is 0 Å². The number of amides is 2. The number of carbonyl (C=O) groups excluding carboxylic acids is 1. The Labute approximate surface area is 132 Å². The fourth-order valence-electron chi connectivity index (χ4n) is 1.91. The van der Waals surface area contributed by atoms with E-state index in [4.69, 9.17) is 0 Å². The van der Waals surface area contributed by atoms with Crippen molar-refractivity contribution >= 4 is 23.5 Å². The standard InChI is InChI=1S/C16H16F2N2OS/c1-20(11-12-7-3-2-4-8-12)16(21)19-13-9-5-6-10-14(13)22-15(17)18/h2-10,15H,11H2,1H3,(H,19,21). The quantitative estimate of drug-likeness (QED) is 0.812. The van der Waals surface area contributed by atoms with E-state index in [2.05, 4.69) is 5.32 Å². The molecule has 0 aromatic heterocycles. The van der Waals surface area contributed by atoms with Crippen LogP contribution in [0.15, 0.2) is 59.5 Å². The van der Waals surface area contributed by atoms with Gasteiger partial charge in [-0.3, -0.25) is 0 Å². The van der Waals surface area contributed by atoms with Crippen LogP contribution in [0, 0.1) is 0 Å². The molecular formula is C16H16F2N2OS. The van der Waals surface area contributed by atoms with Gasteiger partial charge in [0.05, 0.1) is 5.69 Å². The highest BCUT2D eigenvalue weighted by Crippen LogP contribution is 2.31. The van der Waals surface area contributed by atoms with Crippen LogP contribution in [0.4, 0.5) is 19.3 Å². The van der Waals surface area contributed by atoms with Gasteiger partial charge < -0.3 is 10.2 Å². The van der Waals surface area contributed by atoms with Gasteiger partial charge in [-0.15, -0.1) is 0 Å². The molecule has 3 nitrogen and oxygen atoms in total. The number of thioether (sulfide) groups is 1. The summed E-state index contributed by atoms with van der Waals surface area (Å²) in [6.45, 7) is 0.441. The molecule has 2 amide bonds. The number of nitrogens with one attached hydrogen (secondary N) is 1. The van der Waals surface area contributed by atoms with Crippen molar-refractivity contribution in [2.45, 2.75) is 17.2 Å². The molecule has 0 aliphatic carbocycles. The van der Waals surface area contributed by atoms with Gasteiger partial charge in [0.2, 0.25) is 0 Å². The fraction of sp³-hybridized carbons (Fsp3) is 0.188. The zero-order valence-electron chi connectivity index (χ0n) is 12.0. The third-order valence-corrected chi connectivity index (χ3v) is 3.74. The lowest BCUT2D eigenvalue weighted by Gasteiger charge is -2.19. The summed E-state index contributed by atoms with van der Waals surface area (Å²) in [6.07, 6.45) is 0. The van der Waals surface area contributed by atoms with Gasteiger partial charge in [-0.1, -0.05) is 54.2 Å². The summed E-state index contributed by atoms with van der Waals surface area (Å²) in [7, 11) is 1.66. The van der Waals surface area contributed by atoms with Crippen LogP contribution in [0.25, 0.3) is 0 Å². The van der Waals surface area contributed by atoms with Gasteiger partial charge in [-0.25, -0.2) is 4.79 Å². The summed E-state index contributed by atoms with van der Waals surface area (Å²) in [4.78, 5) is 14.0. The van der Waals surface area contributed by atoms with E-state index in [1.54, 1.807) is 31.3 Å². The van der Waals surface area contributed by atoms with Gasteiger partial charge in [-0.05, 0) is 17.7 Å². The van der Waals surface area contributed by atoms with Crippen LogP contribution in [0.5, 0.6) is 0 Å². The Bertz CT molecular complexity index is 623. The van der Waals surface area contributed by atoms with E-state index < -0.39 is 5.76 Å². The van der Waals surface area contributed by atoms with Crippen molar-refractivity contribution in [3.8, 4) is 0 Å². The number of hydrogen-bond donors (Lipinski definition) is 1. The summed E-state index contributed by atoms with van der Waals surface area (Å²) in [5, 5.41) is 2.67. The number of alkyl halides is 2. The smallest absolute Gasteiger partial charge is 0.321 e. The van der Waals surface area contributed by atoms with E-state index in [0.29, 0.717) is 28.9 Å². The molecular weight excluding hydrogens is 306 g/mol. The van der Waals surface area contributed by atoms with Crippen LogP contribution < -0.4 is 5.32 Å². The number of nitrogens with zero attached hydrogens (tertiary/aromatic N) is 1. The Kier molecular flexibility index (Phi) is 5.77. The number of benzene rings is 2. The maximum absolute atomic E-state index is 12.5. The summed E-state index contributed by atoms with van der Waals surface area (Å²) in [6, 6.07) is 15.7. The molecule has 0 bridgehead atoms. The molecule has 2 rings (SSSR count). The van der Waals surface area contributed by atoms with Gasteiger partial charge in [-0.2, -0.15) is 8.78 Å². The molecule has 0 atom stereocenters. The highest BCUT2D eigenvalue weighted by molar-refractivity contribution is 7.99. The van der Waals surface area contributed by atoms with Crippen LogP contribution in [0.1, 0.15) is 5.56 Å². The van der Waals surface area contributed by atoms with Gasteiger partial charge in [0, 0.05) is 18.5 Å². The fourth-order valence-corrected chi connectivity index (χ4v) is 2.50. The monoisotopic (exact) mass is 322 g/mol. The first-order valence-electron chi connectivity index (χ1n) is 6.66. The number of hydrogen-bond acceptors (Lipinski definition) is 2. The highest BCUT2D eigenvalue weighted by atomic mass is 32.2. The lowest BCUT2D eigenvalue weighted by Crippen LogP contribution is -2.31. The average molecular weight is 322 g/mol. The predicted molar refractivity (Wildman–Crippen MR) is 85.2 cm³/mol. The van der Waals surface area contributed by atoms with E-state index in [1.165, 1.54) is 4.90 Å². The molecule has 0 fully saturated rings. The minimum atomic E-state index is -2.53. The number of urea groups is 1. The largest absolute Gasteiger partial charge is 0.323 e. The second kappa shape index (κ2) is 7.79. The summed E-state index contributed by atoms with van der Waals surface area (Å²) < 4.78 is 25.0. The molecule has 0 aliphatic heterocycles. The zero-order valence-corrected chi connectivity index (χ0v) is 12.8. The van der Waals surface area contributed by atoms with Crippen LogP contribution in [0.3, 0.4) is 0 Å². The lowest BCUT2D eigenvalue weighted by molar-refractivity contribution is 0.220. The van der Waals surface area contributed by atoms with E-state index in [9.17, 15) is 13.6 Å². The van der Waals surface area contributed by atoms with Crippen molar-refractivity contribution in [3.63, 3.8) is 0 Å². The van der Waals surface area contributed by atoms with E-state index in [1.807, 2.05) is 30.3 Å². The van der Waals surface area contributed by atoms with Gasteiger partial charge >= 0.3 is 6.03 Å². The number of anilines is 1. The van der Waals surface area contributed by atoms with Crippen molar-refractivity contribution in [1.29, 1.82) is 0 Å². The Hall–Kier alpha value is -2.08. The second-order valence-electron chi connectivity index (χ2n) is 4.65. The molecule has 1 N–H and O–H groups in total. The Morgan fingerprint density at radius 3 is 2.45 bits per heavy atom. The molecule has 2 aromatic carbocycles. The van der Waals surface area contributed by atoms with Crippen molar-refractivity contribution < 1.29 is 13.6 Å². The number of rotatable bonds is 5. The minimum absolute atomic E-state index is 0.342. The van der Waals surface area contributed by atoms with Crippen molar-refractivity contribution in [2.24, 2.45) is 0 Å². The van der Waals surface area contributed by atoms with Crippen molar-refractivity contribution in [3.05, 3.63) is 60.2 Å². The van der Waals surface area contributed by atoms with Crippen LogP contribution in [-0.4, -0.2) is 23.7 Å². The van der Waals surface area contributed by atoms with Crippen LogP contribution in [0.2, 0.25) is 0 Å². The zero-order chi connectivity index (χ0) is 15.9. The van der Waals surface area contributed by atoms with E-state index >= 15 is 0 Å². The van der Waals surface area contributed by atoms with E-state index in [-0.39, 0.29) is 6.03 Å². The molecule has 22 heavy (non-hydrogen) atoms. The molecule has 0 radical (unpaired) electrons. The summed E-state index contributed by atoms with van der Waals surface area (Å²) >= 11 is 0.416. The molecule has 6 heteroatoms. The normalized spacial score (nSPS) is 10.5. The SMILES string of the molecule is CN(Cc1ccccc1)C(=O)Nc1ccccc1SC(F)F. The molecule has 0 saturated heterocycles. The van der Waals surface area contributed by atoms with E-state index in [0.717, 1.165) is 5.56 Å². The Balaban J connectivity index is 2.02. The maximum Gasteiger partial charge on any atom is 0.321 e. The van der Waals surface area contributed by atoms with Crippen molar-refractivity contribution in [1.82, 2.24) is 4.90 Å². The minimum Gasteiger partial charge on any atom is -0.323 e. The molecule has 0 heterocycles. The number of carbonyl (C=O) groups is 1. The third kappa shape index (κ3) is 4.73. The second-order valence-corrected chi connectivity index (χ2v) is 5.68. The molecule has 116 valence electrons. The number of halogens is 2. The van der Waals surface area contributed by atoms with Gasteiger partial charge in [0.25, 0.3) is 5.76 Å². The first kappa shape index (κ1) is 16.3. The summed E-state index contributed by atoms with van der Waals surface area (Å²) in [5.74, 6) is -2.53. The first-order chi connectivity index (χ1) is 10.6. The third-order valence-electron chi connectivity index (χ3n) is 2.95. The molecule has 0 saturated carbocycles. The predicted octanol–water partition coefficient (Wildman–Crippen LogP) is 4.67. The van der Waals surface area contributed by atoms with Crippen LogP contribution in [-0.2, 0) is 6.54 Å². The first-order valence-corrected chi connectivity index (χ1v) is 7.54. The Morgan fingerprint density at radius 1 is 1.14 bits per heavy atom. The molecule has 0 aliphatic rings. The number of para-hydroxylation sites is 1. The van der Waals surface area contributed by atoms with Crippen molar-refractivity contribution in [2.75, 3.05) is 12.4 Å². The molecule has 0 unspecified atom stereocenters. The highest BCUT2D eigenvalue weighted by Gasteiger charge is 2.14. The maximum atomic E-state index is 12.5. The van der Waals surface area contributed by atoms with Crippen LogP contribution >= 0.6 is 11.8 Å². The lowest BCUT2D eigenvalue weighted by atomic mass is 10.2. The van der Waals surface area contributed by atoms with Gasteiger partial charge in [0.15, 0.2) is 0 Å². The molecule has 2 aromatic rings. The topological polar surface area (TPSA) is 32.3 Å². The average Bonchev–Trinajstić information content (AvgIpc) is 2.49. The summed E-state index contributed by atoms with van der Waals surface area (Å²) in [5.41, 5.74) is 1.38. The Morgan fingerprint density at radius 2 is 1.77 bits per heavy atom. The molecule has 0 spiro atoms.